The molecular weight excluding hydrogens is 314 g/mol. The fraction of sp³-hybridized carbons (Fsp3) is 0.615. The third-order valence-electron chi connectivity index (χ3n) is 3.66. The highest BCUT2D eigenvalue weighted by Crippen LogP contribution is 2.30. The summed E-state index contributed by atoms with van der Waals surface area (Å²) in [6.07, 6.45) is 1.53. The van der Waals surface area contributed by atoms with Gasteiger partial charge in [-0.15, -0.1) is 11.3 Å². The van der Waals surface area contributed by atoms with Crippen molar-refractivity contribution in [2.45, 2.75) is 24.0 Å². The van der Waals surface area contributed by atoms with Gasteiger partial charge >= 0.3 is 5.97 Å². The number of hydrogen-bond donors (Lipinski definition) is 1. The number of methoxy groups -OCH3 is 1. The van der Waals surface area contributed by atoms with E-state index in [0.717, 1.165) is 24.2 Å². The first-order chi connectivity index (χ1) is 9.86. The molecule has 1 N–H and O–H groups in total. The molecule has 8 heteroatoms. The molecule has 6 nitrogen and oxygen atoms in total. The summed E-state index contributed by atoms with van der Waals surface area (Å²) in [5, 5.41) is 9.04. The number of nitrogens with zero attached hydrogens (tertiary/aromatic N) is 1. The molecule has 0 radical (unpaired) electrons. The fourth-order valence-corrected chi connectivity index (χ4v) is 5.47. The van der Waals surface area contributed by atoms with E-state index in [1.165, 1.54) is 10.4 Å². The van der Waals surface area contributed by atoms with Crippen molar-refractivity contribution < 1.29 is 23.1 Å². The lowest BCUT2D eigenvalue weighted by Gasteiger charge is -2.30. The normalized spacial score (nSPS) is 18.0. The van der Waals surface area contributed by atoms with E-state index >= 15 is 0 Å². The largest absolute Gasteiger partial charge is 0.477 e. The van der Waals surface area contributed by atoms with Gasteiger partial charge in [0.05, 0.1) is 0 Å². The van der Waals surface area contributed by atoms with Crippen molar-refractivity contribution in [1.82, 2.24) is 4.31 Å². The smallest absolute Gasteiger partial charge is 0.346 e. The van der Waals surface area contributed by atoms with Gasteiger partial charge in [0.15, 0.2) is 0 Å². The predicted octanol–water partition coefficient (Wildman–Crippen LogP) is 1.80. The number of thiophene rings is 1. The first kappa shape index (κ1) is 16.4. The van der Waals surface area contributed by atoms with Crippen LogP contribution in [0.1, 0.15) is 28.1 Å². The van der Waals surface area contributed by atoms with Crippen LogP contribution in [-0.4, -0.2) is 50.6 Å². The molecule has 0 aliphatic carbocycles. The zero-order valence-electron chi connectivity index (χ0n) is 12.0. The molecule has 0 aromatic carbocycles. The van der Waals surface area contributed by atoms with Gasteiger partial charge in [0.1, 0.15) is 9.09 Å². The molecule has 1 aromatic heterocycles. The van der Waals surface area contributed by atoms with E-state index in [2.05, 4.69) is 0 Å². The Morgan fingerprint density at radius 1 is 1.48 bits per heavy atom. The third kappa shape index (κ3) is 3.45. The number of hydrogen-bond acceptors (Lipinski definition) is 5. The Bertz CT molecular complexity index is 615. The number of aryl methyl sites for hydroxylation is 1. The molecule has 1 saturated heterocycles. The first-order valence-corrected chi connectivity index (χ1v) is 8.94. The Morgan fingerprint density at radius 2 is 2.10 bits per heavy atom. The molecule has 0 amide bonds. The molecule has 0 bridgehead atoms. The Morgan fingerprint density at radius 3 is 2.57 bits per heavy atom. The fourth-order valence-electron chi connectivity index (χ4n) is 2.47. The molecule has 21 heavy (non-hydrogen) atoms. The van der Waals surface area contributed by atoms with Crippen molar-refractivity contribution in [2.24, 2.45) is 5.92 Å². The maximum Gasteiger partial charge on any atom is 0.346 e. The maximum absolute atomic E-state index is 12.6. The lowest BCUT2D eigenvalue weighted by Crippen LogP contribution is -2.39. The minimum absolute atomic E-state index is 0.0860. The van der Waals surface area contributed by atoms with Crippen LogP contribution in [0.3, 0.4) is 0 Å². The van der Waals surface area contributed by atoms with Crippen molar-refractivity contribution >= 4 is 27.3 Å². The van der Waals surface area contributed by atoms with E-state index in [-0.39, 0.29) is 9.09 Å². The van der Waals surface area contributed by atoms with Crippen LogP contribution in [-0.2, 0) is 14.8 Å². The average Bonchev–Trinajstić information content (AvgIpc) is 2.83. The highest BCUT2D eigenvalue weighted by Gasteiger charge is 2.31. The SMILES string of the molecule is COCC1CCN(S(=O)(=O)c2cc(C)c(C(=O)O)s2)CC1. The molecule has 0 spiro atoms. The van der Waals surface area contributed by atoms with E-state index in [1.807, 2.05) is 0 Å². The Kier molecular flexibility index (Phi) is 5.03. The molecular formula is C13H19NO5S2. The standard InChI is InChI=1S/C13H19NO5S2/c1-9-7-11(20-12(9)13(15)16)21(17,18)14-5-3-10(4-6-14)8-19-2/h7,10H,3-6,8H2,1-2H3,(H,15,16). The predicted molar refractivity (Wildman–Crippen MR) is 79.4 cm³/mol. The highest BCUT2D eigenvalue weighted by atomic mass is 32.2. The van der Waals surface area contributed by atoms with Crippen LogP contribution in [0.25, 0.3) is 0 Å². The Balaban J connectivity index is 2.16. The van der Waals surface area contributed by atoms with E-state index in [4.69, 9.17) is 9.84 Å². The minimum atomic E-state index is -3.59. The molecule has 2 rings (SSSR count). The summed E-state index contributed by atoms with van der Waals surface area (Å²) < 4.78 is 31.8. The van der Waals surface area contributed by atoms with E-state index in [1.54, 1.807) is 14.0 Å². The van der Waals surface area contributed by atoms with Crippen LogP contribution in [0.5, 0.6) is 0 Å². The number of aromatic carboxylic acids is 1. The summed E-state index contributed by atoms with van der Waals surface area (Å²) in [7, 11) is -1.94. The van der Waals surface area contributed by atoms with E-state index < -0.39 is 16.0 Å². The summed E-state index contributed by atoms with van der Waals surface area (Å²) in [6.45, 7) is 3.17. The molecule has 118 valence electrons. The summed E-state index contributed by atoms with van der Waals surface area (Å²) in [5.41, 5.74) is 0.486. The van der Waals surface area contributed by atoms with Gasteiger partial charge in [0, 0.05) is 26.8 Å². The second-order valence-electron chi connectivity index (χ2n) is 5.19. The highest BCUT2D eigenvalue weighted by molar-refractivity contribution is 7.91. The van der Waals surface area contributed by atoms with Crippen LogP contribution >= 0.6 is 11.3 Å². The van der Waals surface area contributed by atoms with Crippen LogP contribution in [0.2, 0.25) is 0 Å². The second kappa shape index (κ2) is 6.43. The maximum atomic E-state index is 12.6. The monoisotopic (exact) mass is 333 g/mol. The van der Waals surface area contributed by atoms with Crippen molar-refractivity contribution in [2.75, 3.05) is 26.8 Å². The van der Waals surface area contributed by atoms with Crippen LogP contribution in [0.4, 0.5) is 0 Å². The topological polar surface area (TPSA) is 83.9 Å². The molecule has 1 aliphatic heterocycles. The van der Waals surface area contributed by atoms with Gasteiger partial charge in [-0.3, -0.25) is 0 Å². The summed E-state index contributed by atoms with van der Waals surface area (Å²) in [4.78, 5) is 11.1. The summed E-state index contributed by atoms with van der Waals surface area (Å²) >= 11 is 0.825. The molecule has 1 aliphatic rings. The molecule has 1 aromatic rings. The van der Waals surface area contributed by atoms with Crippen molar-refractivity contribution in [3.63, 3.8) is 0 Å². The van der Waals surface area contributed by atoms with E-state index in [9.17, 15) is 13.2 Å². The number of sulfonamides is 1. The number of carboxylic acid groups (broad SMARTS) is 1. The van der Waals surface area contributed by atoms with E-state index in [0.29, 0.717) is 31.2 Å². The molecule has 0 saturated carbocycles. The Labute approximate surface area is 128 Å². The first-order valence-electron chi connectivity index (χ1n) is 6.69. The van der Waals surface area contributed by atoms with Gasteiger partial charge in [-0.2, -0.15) is 4.31 Å². The number of piperidine rings is 1. The molecule has 0 unspecified atom stereocenters. The number of rotatable bonds is 5. The quantitative estimate of drug-likeness (QED) is 0.888. The van der Waals surface area contributed by atoms with Gasteiger partial charge in [0.25, 0.3) is 10.0 Å². The zero-order valence-corrected chi connectivity index (χ0v) is 13.7. The van der Waals surface area contributed by atoms with Crippen molar-refractivity contribution in [1.29, 1.82) is 0 Å². The lowest BCUT2D eigenvalue weighted by atomic mass is 9.99. The number of ether oxygens (including phenoxy) is 1. The zero-order chi connectivity index (χ0) is 15.6. The van der Waals surface area contributed by atoms with Gasteiger partial charge in [0.2, 0.25) is 0 Å². The second-order valence-corrected chi connectivity index (χ2v) is 8.40. The van der Waals surface area contributed by atoms with Crippen LogP contribution in [0, 0.1) is 12.8 Å². The molecule has 1 fully saturated rings. The average molecular weight is 333 g/mol. The number of carboxylic acids is 1. The van der Waals surface area contributed by atoms with Crippen molar-refractivity contribution in [3.05, 3.63) is 16.5 Å². The third-order valence-corrected chi connectivity index (χ3v) is 7.23. The summed E-state index contributed by atoms with van der Waals surface area (Å²) in [6, 6.07) is 1.45. The molecule has 2 heterocycles. The van der Waals surface area contributed by atoms with Gasteiger partial charge < -0.3 is 9.84 Å². The minimum Gasteiger partial charge on any atom is -0.477 e. The van der Waals surface area contributed by atoms with Gasteiger partial charge in [-0.05, 0) is 37.3 Å². The Hall–Kier alpha value is -0.960. The number of carbonyl (C=O) groups is 1. The van der Waals surface area contributed by atoms with Crippen LogP contribution in [0.15, 0.2) is 10.3 Å². The molecule has 0 atom stereocenters. The lowest BCUT2D eigenvalue weighted by molar-refractivity contribution is 0.0701. The van der Waals surface area contributed by atoms with Gasteiger partial charge in [-0.1, -0.05) is 0 Å². The van der Waals surface area contributed by atoms with Crippen LogP contribution < -0.4 is 0 Å². The van der Waals surface area contributed by atoms with Crippen molar-refractivity contribution in [3.8, 4) is 0 Å². The van der Waals surface area contributed by atoms with Gasteiger partial charge in [-0.25, -0.2) is 13.2 Å². The summed E-state index contributed by atoms with van der Waals surface area (Å²) in [5.74, 6) is -0.696.